The van der Waals surface area contributed by atoms with E-state index >= 15 is 0 Å². The normalized spacial score (nSPS) is 29.4. The summed E-state index contributed by atoms with van der Waals surface area (Å²) in [6, 6.07) is 13.9. The molecule has 41 heavy (non-hydrogen) atoms. The predicted molar refractivity (Wildman–Crippen MR) is 159 cm³/mol. The van der Waals surface area contributed by atoms with Gasteiger partial charge in [-0.25, -0.2) is 0 Å². The number of ether oxygens (including phenoxy) is 1. The highest BCUT2D eigenvalue weighted by Gasteiger charge is 2.73. The maximum atomic E-state index is 14.3. The summed E-state index contributed by atoms with van der Waals surface area (Å²) in [4.78, 5) is 43.8. The Kier molecular flexibility index (Phi) is 7.88. The van der Waals surface area contributed by atoms with Crippen molar-refractivity contribution >= 4 is 46.6 Å². The van der Waals surface area contributed by atoms with E-state index in [1.807, 2.05) is 37.3 Å². The smallest absolute Gasteiger partial charge is 0.246 e. The number of aryl methyl sites for hydroxylation is 1. The molecule has 6 rings (SSSR count). The van der Waals surface area contributed by atoms with Gasteiger partial charge in [-0.15, -0.1) is 0 Å². The molecule has 3 amide bonds. The van der Waals surface area contributed by atoms with Gasteiger partial charge >= 0.3 is 0 Å². The van der Waals surface area contributed by atoms with Crippen LogP contribution >= 0.6 is 23.2 Å². The number of hydrogen-bond donors (Lipinski definition) is 2. The molecule has 2 saturated heterocycles. The number of fused-ring (bicyclic) bond motifs is 1. The number of rotatable bonds is 8. The van der Waals surface area contributed by atoms with Crippen molar-refractivity contribution in [1.29, 1.82) is 0 Å². The second-order valence-electron chi connectivity index (χ2n) is 11.8. The Balaban J connectivity index is 1.29. The van der Waals surface area contributed by atoms with Gasteiger partial charge < -0.3 is 20.3 Å². The molecular weight excluding hydrogens is 561 g/mol. The molecule has 4 aliphatic rings. The van der Waals surface area contributed by atoms with Crippen LogP contribution in [0.25, 0.3) is 0 Å². The average molecular weight is 597 g/mol. The van der Waals surface area contributed by atoms with Crippen LogP contribution in [0.4, 0.5) is 5.69 Å². The molecule has 3 fully saturated rings. The number of benzene rings is 2. The molecule has 216 valence electrons. The average Bonchev–Trinajstić information content (AvgIpc) is 3.59. The van der Waals surface area contributed by atoms with E-state index in [-0.39, 0.29) is 29.8 Å². The van der Waals surface area contributed by atoms with Crippen molar-refractivity contribution in [2.24, 2.45) is 11.8 Å². The van der Waals surface area contributed by atoms with Crippen LogP contribution in [-0.2, 0) is 25.5 Å². The van der Waals surface area contributed by atoms with Crippen LogP contribution in [0.5, 0.6) is 0 Å². The molecule has 0 radical (unpaired) electrons. The first-order valence-corrected chi connectivity index (χ1v) is 15.3. The summed E-state index contributed by atoms with van der Waals surface area (Å²) in [7, 11) is 0. The summed E-state index contributed by atoms with van der Waals surface area (Å²) < 4.78 is 6.49. The van der Waals surface area contributed by atoms with Crippen LogP contribution in [-0.4, -0.2) is 52.5 Å². The van der Waals surface area contributed by atoms with Crippen molar-refractivity contribution in [1.82, 2.24) is 10.2 Å². The van der Waals surface area contributed by atoms with E-state index in [1.54, 1.807) is 23.1 Å². The molecular formula is C32H35Cl2N3O4. The maximum absolute atomic E-state index is 14.3. The SMILES string of the molecule is C[C@H](CCc1ccccc1)N1C(=O)[C@@H]2[C@H](C(=O)Nc3cc(Cl)cc(Cl)c3)[C@@H]3C=C[C@@]2(O3)[C@H]1C(=O)NC1CCCCC1. The van der Waals surface area contributed by atoms with Gasteiger partial charge in [0, 0.05) is 27.8 Å². The van der Waals surface area contributed by atoms with E-state index in [2.05, 4.69) is 22.8 Å². The van der Waals surface area contributed by atoms with Crippen molar-refractivity contribution < 1.29 is 19.1 Å². The first kappa shape index (κ1) is 28.3. The van der Waals surface area contributed by atoms with Crippen molar-refractivity contribution in [2.45, 2.75) is 81.7 Å². The van der Waals surface area contributed by atoms with E-state index in [0.717, 1.165) is 32.1 Å². The van der Waals surface area contributed by atoms with Crippen LogP contribution in [0, 0.1) is 11.8 Å². The number of likely N-dealkylation sites (tertiary alicyclic amines) is 1. The Morgan fingerprint density at radius 1 is 1.05 bits per heavy atom. The fourth-order valence-electron chi connectivity index (χ4n) is 7.22. The van der Waals surface area contributed by atoms with E-state index in [1.165, 1.54) is 12.0 Å². The van der Waals surface area contributed by atoms with Gasteiger partial charge in [0.15, 0.2) is 0 Å². The molecule has 9 heteroatoms. The number of amides is 3. The highest BCUT2D eigenvalue weighted by Crippen LogP contribution is 2.56. The van der Waals surface area contributed by atoms with Crippen molar-refractivity contribution in [3.63, 3.8) is 0 Å². The number of nitrogens with zero attached hydrogens (tertiary/aromatic N) is 1. The molecule has 6 atom stereocenters. The molecule has 0 aromatic heterocycles. The Bertz CT molecular complexity index is 1340. The molecule has 1 spiro atoms. The third-order valence-corrected chi connectivity index (χ3v) is 9.55. The van der Waals surface area contributed by atoms with Gasteiger partial charge in [0.2, 0.25) is 17.7 Å². The lowest BCUT2D eigenvalue weighted by atomic mass is 9.74. The zero-order chi connectivity index (χ0) is 28.7. The lowest BCUT2D eigenvalue weighted by molar-refractivity contribution is -0.143. The van der Waals surface area contributed by atoms with Gasteiger partial charge in [0.1, 0.15) is 11.6 Å². The molecule has 0 unspecified atom stereocenters. The van der Waals surface area contributed by atoms with Crippen molar-refractivity contribution in [3.05, 3.63) is 76.3 Å². The van der Waals surface area contributed by atoms with Gasteiger partial charge in [-0.3, -0.25) is 14.4 Å². The molecule has 2 aromatic rings. The molecule has 2 N–H and O–H groups in total. The van der Waals surface area contributed by atoms with Crippen LogP contribution in [0.2, 0.25) is 10.0 Å². The van der Waals surface area contributed by atoms with E-state index in [0.29, 0.717) is 22.2 Å². The Morgan fingerprint density at radius 2 is 1.76 bits per heavy atom. The van der Waals surface area contributed by atoms with Gasteiger partial charge in [-0.2, -0.15) is 0 Å². The van der Waals surface area contributed by atoms with E-state index < -0.39 is 29.6 Å². The molecule has 1 aliphatic carbocycles. The minimum Gasteiger partial charge on any atom is -0.359 e. The molecule has 3 aliphatic heterocycles. The lowest BCUT2D eigenvalue weighted by Crippen LogP contribution is -2.58. The minimum absolute atomic E-state index is 0.0810. The number of anilines is 1. The maximum Gasteiger partial charge on any atom is 0.246 e. The highest BCUT2D eigenvalue weighted by molar-refractivity contribution is 6.35. The molecule has 1 saturated carbocycles. The first-order chi connectivity index (χ1) is 19.8. The molecule has 2 bridgehead atoms. The van der Waals surface area contributed by atoms with Gasteiger partial charge in [-0.1, -0.05) is 84.9 Å². The van der Waals surface area contributed by atoms with Gasteiger partial charge in [-0.05, 0) is 56.4 Å². The fraction of sp³-hybridized carbons (Fsp3) is 0.469. The zero-order valence-electron chi connectivity index (χ0n) is 23.0. The first-order valence-electron chi connectivity index (χ1n) is 14.6. The summed E-state index contributed by atoms with van der Waals surface area (Å²) >= 11 is 12.3. The lowest BCUT2D eigenvalue weighted by Gasteiger charge is -2.36. The van der Waals surface area contributed by atoms with Crippen LogP contribution in [0.3, 0.4) is 0 Å². The topological polar surface area (TPSA) is 87.7 Å². The van der Waals surface area contributed by atoms with E-state index in [9.17, 15) is 14.4 Å². The highest BCUT2D eigenvalue weighted by atomic mass is 35.5. The molecule has 3 heterocycles. The van der Waals surface area contributed by atoms with Crippen molar-refractivity contribution in [3.8, 4) is 0 Å². The number of hydrogen-bond acceptors (Lipinski definition) is 4. The Morgan fingerprint density at radius 3 is 2.46 bits per heavy atom. The van der Waals surface area contributed by atoms with Gasteiger partial charge in [0.25, 0.3) is 0 Å². The summed E-state index contributed by atoms with van der Waals surface area (Å²) in [5.41, 5.74) is 0.413. The molecule has 2 aromatic carbocycles. The van der Waals surface area contributed by atoms with Crippen LogP contribution < -0.4 is 10.6 Å². The number of carbonyl (C=O) groups excluding carboxylic acids is 3. The summed E-state index contributed by atoms with van der Waals surface area (Å²) in [6.07, 6.45) is 9.71. The largest absolute Gasteiger partial charge is 0.359 e. The summed E-state index contributed by atoms with van der Waals surface area (Å²) in [5, 5.41) is 6.92. The minimum atomic E-state index is -1.20. The second kappa shape index (κ2) is 11.4. The third kappa shape index (κ3) is 5.28. The summed E-state index contributed by atoms with van der Waals surface area (Å²) in [5.74, 6) is -2.38. The predicted octanol–water partition coefficient (Wildman–Crippen LogP) is 5.55. The fourth-order valence-corrected chi connectivity index (χ4v) is 7.74. The summed E-state index contributed by atoms with van der Waals surface area (Å²) in [6.45, 7) is 1.98. The number of halogens is 2. The van der Waals surface area contributed by atoms with Crippen LogP contribution in [0.1, 0.15) is 51.0 Å². The Hall–Kier alpha value is -2.87. The quantitative estimate of drug-likeness (QED) is 0.391. The van der Waals surface area contributed by atoms with Crippen molar-refractivity contribution in [2.75, 3.05) is 5.32 Å². The monoisotopic (exact) mass is 595 g/mol. The number of nitrogens with one attached hydrogen (secondary N) is 2. The third-order valence-electron chi connectivity index (χ3n) is 9.11. The molecule has 7 nitrogen and oxygen atoms in total. The standard InChI is InChI=1S/C32H35Cl2N3O4/c1-19(12-13-20-8-4-2-5-9-20)37-28(30(39)35-23-10-6-3-7-11-23)32-15-14-25(41-32)26(27(32)31(37)40)29(38)36-24-17-21(33)16-22(34)18-24/h2,4-5,8-9,14-19,23,25-28H,3,6-7,10-13H2,1H3,(H,35,39)(H,36,38)/t19-,25+,26-,27+,28-,32+/m1/s1. The Labute approximate surface area is 250 Å². The second-order valence-corrected chi connectivity index (χ2v) is 12.7. The van der Waals surface area contributed by atoms with Crippen LogP contribution in [0.15, 0.2) is 60.7 Å². The van der Waals surface area contributed by atoms with E-state index in [4.69, 9.17) is 27.9 Å². The zero-order valence-corrected chi connectivity index (χ0v) is 24.5. The number of carbonyl (C=O) groups is 3. The van der Waals surface area contributed by atoms with Gasteiger partial charge in [0.05, 0.1) is 17.9 Å².